The van der Waals surface area contributed by atoms with Crippen LogP contribution in [-0.2, 0) is 4.79 Å². The lowest BCUT2D eigenvalue weighted by Gasteiger charge is -2.22. The Morgan fingerprint density at radius 1 is 1.62 bits per heavy atom. The maximum Gasteiger partial charge on any atom is 0.226 e. The summed E-state index contributed by atoms with van der Waals surface area (Å²) >= 11 is 0. The molecule has 0 saturated carbocycles. The van der Waals surface area contributed by atoms with E-state index in [4.69, 9.17) is 0 Å². The monoisotopic (exact) mass is 180 g/mol. The van der Waals surface area contributed by atoms with Crippen LogP contribution in [0, 0.1) is 5.92 Å². The number of fused-ring (bicyclic) bond motifs is 1. The summed E-state index contributed by atoms with van der Waals surface area (Å²) in [7, 11) is 0. The van der Waals surface area contributed by atoms with Gasteiger partial charge >= 0.3 is 0 Å². The summed E-state index contributed by atoms with van der Waals surface area (Å²) in [6.07, 6.45) is 3.35. The Hall–Kier alpha value is -0.830. The van der Waals surface area contributed by atoms with Gasteiger partial charge in [-0.05, 0) is 12.3 Å². The molecule has 72 valence electrons. The average Bonchev–Trinajstić information content (AvgIpc) is 2.62. The van der Waals surface area contributed by atoms with Gasteiger partial charge in [0.25, 0.3) is 0 Å². The first-order valence-electron chi connectivity index (χ1n) is 4.94. The Kier molecular flexibility index (Phi) is 2.36. The molecule has 3 heteroatoms. The molecule has 0 aliphatic carbocycles. The maximum atomic E-state index is 11.6. The zero-order valence-corrected chi connectivity index (χ0v) is 7.83. The third-order valence-corrected chi connectivity index (χ3v) is 3.08. The summed E-state index contributed by atoms with van der Waals surface area (Å²) in [6.45, 7) is 6.61. The summed E-state index contributed by atoms with van der Waals surface area (Å²) in [5, 5.41) is 3.33. The second-order valence-electron chi connectivity index (χ2n) is 3.85. The predicted octanol–water partition coefficient (Wildman–Crippen LogP) is 0.383. The van der Waals surface area contributed by atoms with Crippen LogP contribution in [0.3, 0.4) is 0 Å². The van der Waals surface area contributed by atoms with E-state index < -0.39 is 0 Å². The fourth-order valence-corrected chi connectivity index (χ4v) is 2.40. The first-order valence-corrected chi connectivity index (χ1v) is 4.94. The molecule has 2 atom stereocenters. The molecule has 3 nitrogen and oxygen atoms in total. The van der Waals surface area contributed by atoms with Crippen LogP contribution in [0.1, 0.15) is 12.8 Å². The number of likely N-dealkylation sites (tertiary alicyclic amines) is 1. The summed E-state index contributed by atoms with van der Waals surface area (Å²) in [6, 6.07) is 0.465. The van der Waals surface area contributed by atoms with E-state index in [2.05, 4.69) is 11.9 Å². The molecule has 0 radical (unpaired) electrons. The van der Waals surface area contributed by atoms with Crippen molar-refractivity contribution < 1.29 is 4.79 Å². The van der Waals surface area contributed by atoms with E-state index in [1.54, 1.807) is 6.08 Å². The number of nitrogens with one attached hydrogen (secondary N) is 1. The number of carbonyl (C=O) groups excluding carboxylic acids is 1. The highest BCUT2D eigenvalue weighted by atomic mass is 16.2. The van der Waals surface area contributed by atoms with E-state index in [1.807, 2.05) is 4.90 Å². The van der Waals surface area contributed by atoms with Crippen molar-refractivity contribution in [3.63, 3.8) is 0 Å². The molecular weight excluding hydrogens is 164 g/mol. The Morgan fingerprint density at radius 2 is 2.46 bits per heavy atom. The van der Waals surface area contributed by atoms with Crippen LogP contribution in [0.4, 0.5) is 0 Å². The number of rotatable bonds is 2. The van der Waals surface area contributed by atoms with Gasteiger partial charge in [-0.15, -0.1) is 6.58 Å². The Morgan fingerprint density at radius 3 is 3.23 bits per heavy atom. The van der Waals surface area contributed by atoms with Crippen LogP contribution in [0.15, 0.2) is 12.7 Å². The molecule has 0 aromatic heterocycles. The van der Waals surface area contributed by atoms with E-state index in [0.29, 0.717) is 18.4 Å². The van der Waals surface area contributed by atoms with E-state index in [0.717, 1.165) is 19.6 Å². The lowest BCUT2D eigenvalue weighted by molar-refractivity contribution is -0.131. The van der Waals surface area contributed by atoms with Crippen LogP contribution >= 0.6 is 0 Å². The lowest BCUT2D eigenvalue weighted by Crippen LogP contribution is -2.38. The quantitative estimate of drug-likeness (QED) is 0.623. The molecule has 0 spiro atoms. The zero-order valence-electron chi connectivity index (χ0n) is 7.83. The lowest BCUT2D eigenvalue weighted by atomic mass is 10.1. The Labute approximate surface area is 78.8 Å². The predicted molar refractivity (Wildman–Crippen MR) is 51.3 cm³/mol. The molecule has 1 N–H and O–H groups in total. The standard InChI is InChI=1S/C10H16N2O/c1-2-3-10(13)12-5-4-8-6-11-7-9(8)12/h2,8-9,11H,1,3-7H2/t8-,9+/m1/s1. The number of amides is 1. The molecule has 1 amide bonds. The minimum Gasteiger partial charge on any atom is -0.338 e. The van der Waals surface area contributed by atoms with Gasteiger partial charge in [-0.3, -0.25) is 4.79 Å². The van der Waals surface area contributed by atoms with E-state index in [9.17, 15) is 4.79 Å². The number of hydrogen-bond donors (Lipinski definition) is 1. The van der Waals surface area contributed by atoms with E-state index in [1.165, 1.54) is 6.42 Å². The topological polar surface area (TPSA) is 32.3 Å². The Bertz CT molecular complexity index is 227. The number of nitrogens with zero attached hydrogens (tertiary/aromatic N) is 1. The highest BCUT2D eigenvalue weighted by Crippen LogP contribution is 2.27. The van der Waals surface area contributed by atoms with Crippen LogP contribution in [0.5, 0.6) is 0 Å². The van der Waals surface area contributed by atoms with Crippen molar-refractivity contribution in [2.75, 3.05) is 19.6 Å². The van der Waals surface area contributed by atoms with Crippen molar-refractivity contribution in [1.82, 2.24) is 10.2 Å². The molecule has 2 saturated heterocycles. The summed E-state index contributed by atoms with van der Waals surface area (Å²) in [4.78, 5) is 13.6. The second-order valence-corrected chi connectivity index (χ2v) is 3.85. The second kappa shape index (κ2) is 3.50. The molecule has 2 aliphatic heterocycles. The molecule has 2 fully saturated rings. The molecule has 2 aliphatic rings. The van der Waals surface area contributed by atoms with Gasteiger partial charge in [-0.1, -0.05) is 6.08 Å². The smallest absolute Gasteiger partial charge is 0.226 e. The summed E-state index contributed by atoms with van der Waals surface area (Å²) < 4.78 is 0. The number of hydrogen-bond acceptors (Lipinski definition) is 2. The first kappa shape index (κ1) is 8.75. The summed E-state index contributed by atoms with van der Waals surface area (Å²) in [5.74, 6) is 0.944. The van der Waals surface area contributed by atoms with Crippen LogP contribution in [-0.4, -0.2) is 36.5 Å². The van der Waals surface area contributed by atoms with Crippen molar-refractivity contribution in [2.24, 2.45) is 5.92 Å². The van der Waals surface area contributed by atoms with Gasteiger partial charge in [-0.25, -0.2) is 0 Å². The normalized spacial score (nSPS) is 31.8. The molecular formula is C10H16N2O. The molecule has 0 bridgehead atoms. The van der Waals surface area contributed by atoms with Gasteiger partial charge in [0, 0.05) is 32.1 Å². The van der Waals surface area contributed by atoms with Crippen LogP contribution in [0.25, 0.3) is 0 Å². The van der Waals surface area contributed by atoms with Gasteiger partial charge < -0.3 is 10.2 Å². The fourth-order valence-electron chi connectivity index (χ4n) is 2.40. The average molecular weight is 180 g/mol. The van der Waals surface area contributed by atoms with Gasteiger partial charge in [0.05, 0.1) is 0 Å². The van der Waals surface area contributed by atoms with Crippen molar-refractivity contribution in [3.05, 3.63) is 12.7 Å². The van der Waals surface area contributed by atoms with Crippen LogP contribution < -0.4 is 5.32 Å². The largest absolute Gasteiger partial charge is 0.338 e. The Balaban J connectivity index is 2.00. The molecule has 2 rings (SSSR count). The zero-order chi connectivity index (χ0) is 9.26. The third-order valence-electron chi connectivity index (χ3n) is 3.08. The van der Waals surface area contributed by atoms with E-state index >= 15 is 0 Å². The maximum absolute atomic E-state index is 11.6. The van der Waals surface area contributed by atoms with Crippen molar-refractivity contribution in [2.45, 2.75) is 18.9 Å². The first-order chi connectivity index (χ1) is 6.33. The molecule has 0 unspecified atom stereocenters. The molecule has 0 aromatic carbocycles. The van der Waals surface area contributed by atoms with Gasteiger partial charge in [0.2, 0.25) is 5.91 Å². The minimum absolute atomic E-state index is 0.242. The van der Waals surface area contributed by atoms with Crippen molar-refractivity contribution in [3.8, 4) is 0 Å². The fraction of sp³-hybridized carbons (Fsp3) is 0.700. The number of carbonyl (C=O) groups is 1. The molecule has 0 aromatic rings. The molecule has 2 heterocycles. The third kappa shape index (κ3) is 1.48. The van der Waals surface area contributed by atoms with Gasteiger partial charge in [0.1, 0.15) is 0 Å². The van der Waals surface area contributed by atoms with Crippen molar-refractivity contribution in [1.29, 1.82) is 0 Å². The highest BCUT2D eigenvalue weighted by Gasteiger charge is 2.39. The summed E-state index contributed by atoms with van der Waals surface area (Å²) in [5.41, 5.74) is 0. The van der Waals surface area contributed by atoms with Crippen molar-refractivity contribution >= 4 is 5.91 Å². The SMILES string of the molecule is C=CCC(=O)N1CC[C@@H]2CNC[C@@H]21. The highest BCUT2D eigenvalue weighted by molar-refractivity contribution is 5.78. The van der Waals surface area contributed by atoms with Crippen LogP contribution in [0.2, 0.25) is 0 Å². The van der Waals surface area contributed by atoms with Gasteiger partial charge in [-0.2, -0.15) is 0 Å². The van der Waals surface area contributed by atoms with Gasteiger partial charge in [0.15, 0.2) is 0 Å². The van der Waals surface area contributed by atoms with E-state index in [-0.39, 0.29) is 5.91 Å². The molecule has 13 heavy (non-hydrogen) atoms. The minimum atomic E-state index is 0.242.